The molecule has 0 unspecified atom stereocenters. The Balaban J connectivity index is 0. The fourth-order valence-electron chi connectivity index (χ4n) is 0.177. The van der Waals surface area contributed by atoms with Gasteiger partial charge in [0, 0.05) is 13.5 Å². The summed E-state index contributed by atoms with van der Waals surface area (Å²) in [6, 6.07) is 0. The van der Waals surface area contributed by atoms with Crippen molar-refractivity contribution in [2.75, 3.05) is 7.05 Å². The summed E-state index contributed by atoms with van der Waals surface area (Å²) in [7, 11) is 1.63. The predicted molar refractivity (Wildman–Crippen MR) is 31.5 cm³/mol. The van der Waals surface area contributed by atoms with Gasteiger partial charge >= 0.3 is 29.6 Å². The number of hydrogen-bond donors (Lipinski definition) is 1. The second-order valence-corrected chi connectivity index (χ2v) is 1.03. The summed E-state index contributed by atoms with van der Waals surface area (Å²) in [5.74, 6) is 0.0926. The Morgan fingerprint density at radius 3 is 2.14 bits per heavy atom. The third kappa shape index (κ3) is 6.47. The van der Waals surface area contributed by atoms with E-state index in [2.05, 4.69) is 5.32 Å². The van der Waals surface area contributed by atoms with E-state index in [1.807, 2.05) is 6.92 Å². The Hall–Kier alpha value is 0.470. The molecule has 0 saturated heterocycles. The van der Waals surface area contributed by atoms with Gasteiger partial charge in [0.2, 0.25) is 5.91 Å². The molecule has 1 N–H and O–H groups in total. The van der Waals surface area contributed by atoms with Crippen molar-refractivity contribution in [1.82, 2.24) is 5.32 Å². The molecule has 1 amide bonds. The second kappa shape index (κ2) is 6.47. The Morgan fingerprint density at radius 1 is 1.71 bits per heavy atom. The summed E-state index contributed by atoms with van der Waals surface area (Å²) < 4.78 is 0. The van der Waals surface area contributed by atoms with Gasteiger partial charge in [-0.2, -0.15) is 0 Å². The van der Waals surface area contributed by atoms with Gasteiger partial charge < -0.3 is 5.32 Å². The normalized spacial score (nSPS) is 6.57. The first-order valence-electron chi connectivity index (χ1n) is 2.01. The van der Waals surface area contributed by atoms with E-state index in [0.717, 1.165) is 0 Å². The SMILES string of the molecule is CCC(=O)NC.[NaH]. The summed E-state index contributed by atoms with van der Waals surface area (Å²) in [5.41, 5.74) is 0. The van der Waals surface area contributed by atoms with Crippen molar-refractivity contribution in [1.29, 1.82) is 0 Å². The third-order valence-corrected chi connectivity index (χ3v) is 0.600. The molecule has 0 heterocycles. The van der Waals surface area contributed by atoms with Crippen LogP contribution < -0.4 is 5.32 Å². The van der Waals surface area contributed by atoms with Gasteiger partial charge in [-0.3, -0.25) is 4.79 Å². The number of hydrogen-bond acceptors (Lipinski definition) is 1. The van der Waals surface area contributed by atoms with Crippen LogP contribution >= 0.6 is 0 Å². The number of carbonyl (C=O) groups excluding carboxylic acids is 1. The van der Waals surface area contributed by atoms with Crippen LogP contribution in [-0.4, -0.2) is 42.5 Å². The summed E-state index contributed by atoms with van der Waals surface area (Å²) in [4.78, 5) is 10.1. The van der Waals surface area contributed by atoms with Crippen LogP contribution in [0, 0.1) is 0 Å². The van der Waals surface area contributed by atoms with E-state index >= 15 is 0 Å². The maximum absolute atomic E-state index is 10.1. The molecule has 0 aliphatic heterocycles. The number of nitrogens with one attached hydrogen (secondary N) is 1. The summed E-state index contributed by atoms with van der Waals surface area (Å²) in [6.07, 6.45) is 0.580. The van der Waals surface area contributed by atoms with Crippen LogP contribution in [0.2, 0.25) is 0 Å². The molecule has 0 fully saturated rings. The molecular formula is C4H10NNaO. The molecule has 0 rings (SSSR count). The standard InChI is InChI=1S/C4H9NO.Na.H/c1-3-4(6)5-2;;/h3H2,1-2H3,(H,5,6);;. The molecule has 0 aliphatic rings. The van der Waals surface area contributed by atoms with Crippen molar-refractivity contribution in [2.24, 2.45) is 0 Å². The van der Waals surface area contributed by atoms with Gasteiger partial charge in [-0.15, -0.1) is 0 Å². The monoisotopic (exact) mass is 111 g/mol. The fourth-order valence-corrected chi connectivity index (χ4v) is 0.177. The first kappa shape index (κ1) is 10.5. The van der Waals surface area contributed by atoms with E-state index in [4.69, 9.17) is 0 Å². The first-order chi connectivity index (χ1) is 2.81. The van der Waals surface area contributed by atoms with Gasteiger partial charge in [-0.25, -0.2) is 0 Å². The molecule has 0 aliphatic carbocycles. The molecule has 0 aromatic heterocycles. The molecule has 0 aromatic rings. The van der Waals surface area contributed by atoms with Gasteiger partial charge in [0.25, 0.3) is 0 Å². The van der Waals surface area contributed by atoms with Gasteiger partial charge in [0.05, 0.1) is 0 Å². The molecular weight excluding hydrogens is 101 g/mol. The third-order valence-electron chi connectivity index (χ3n) is 0.600. The molecule has 0 atom stereocenters. The molecule has 38 valence electrons. The van der Waals surface area contributed by atoms with E-state index in [1.54, 1.807) is 7.05 Å². The van der Waals surface area contributed by atoms with Gasteiger partial charge in [0.15, 0.2) is 0 Å². The van der Waals surface area contributed by atoms with Gasteiger partial charge in [-0.1, -0.05) is 6.92 Å². The zero-order valence-electron chi connectivity index (χ0n) is 4.12. The van der Waals surface area contributed by atoms with E-state index in [0.29, 0.717) is 6.42 Å². The van der Waals surface area contributed by atoms with Gasteiger partial charge in [-0.05, 0) is 0 Å². The van der Waals surface area contributed by atoms with Crippen molar-refractivity contribution in [3.8, 4) is 0 Å². The van der Waals surface area contributed by atoms with Crippen LogP contribution in [0.15, 0.2) is 0 Å². The Kier molecular flexibility index (Phi) is 9.66. The molecule has 0 radical (unpaired) electrons. The molecule has 0 spiro atoms. The fraction of sp³-hybridized carbons (Fsp3) is 0.750. The van der Waals surface area contributed by atoms with E-state index in [-0.39, 0.29) is 35.5 Å². The first-order valence-corrected chi connectivity index (χ1v) is 2.01. The van der Waals surface area contributed by atoms with Crippen molar-refractivity contribution in [2.45, 2.75) is 13.3 Å². The molecule has 3 heteroatoms. The molecule has 2 nitrogen and oxygen atoms in total. The van der Waals surface area contributed by atoms with Crippen LogP contribution in [0.25, 0.3) is 0 Å². The van der Waals surface area contributed by atoms with Crippen LogP contribution in [0.5, 0.6) is 0 Å². The average Bonchev–Trinajstić information content (AvgIpc) is 1.65. The minimum absolute atomic E-state index is 0. The predicted octanol–water partition coefficient (Wildman–Crippen LogP) is -0.506. The zero-order chi connectivity index (χ0) is 4.99. The van der Waals surface area contributed by atoms with E-state index in [1.165, 1.54) is 0 Å². The van der Waals surface area contributed by atoms with Crippen molar-refractivity contribution in [3.05, 3.63) is 0 Å². The minimum atomic E-state index is 0. The van der Waals surface area contributed by atoms with E-state index < -0.39 is 0 Å². The quantitative estimate of drug-likeness (QED) is 0.454. The Labute approximate surface area is 66.0 Å². The summed E-state index contributed by atoms with van der Waals surface area (Å²) >= 11 is 0. The van der Waals surface area contributed by atoms with E-state index in [9.17, 15) is 4.79 Å². The Bertz CT molecular complexity index is 49.7. The second-order valence-electron chi connectivity index (χ2n) is 1.03. The average molecular weight is 111 g/mol. The maximum atomic E-state index is 10.1. The van der Waals surface area contributed by atoms with Crippen molar-refractivity contribution < 1.29 is 4.79 Å². The summed E-state index contributed by atoms with van der Waals surface area (Å²) in [5, 5.41) is 2.48. The molecule has 0 aromatic carbocycles. The number of rotatable bonds is 1. The van der Waals surface area contributed by atoms with Crippen LogP contribution in [-0.2, 0) is 4.79 Å². The topological polar surface area (TPSA) is 29.1 Å². The molecule has 0 bridgehead atoms. The molecule has 7 heavy (non-hydrogen) atoms. The number of amides is 1. The summed E-state index contributed by atoms with van der Waals surface area (Å²) in [6.45, 7) is 1.82. The van der Waals surface area contributed by atoms with Gasteiger partial charge in [0.1, 0.15) is 0 Å². The van der Waals surface area contributed by atoms with Crippen LogP contribution in [0.3, 0.4) is 0 Å². The van der Waals surface area contributed by atoms with Crippen molar-refractivity contribution >= 4 is 35.5 Å². The number of carbonyl (C=O) groups is 1. The van der Waals surface area contributed by atoms with Crippen LogP contribution in [0.1, 0.15) is 13.3 Å². The Morgan fingerprint density at radius 2 is 2.14 bits per heavy atom. The van der Waals surface area contributed by atoms with Crippen LogP contribution in [0.4, 0.5) is 0 Å². The van der Waals surface area contributed by atoms with Crippen molar-refractivity contribution in [3.63, 3.8) is 0 Å². The zero-order valence-corrected chi connectivity index (χ0v) is 4.12. The molecule has 0 saturated carbocycles.